The maximum atomic E-state index is 12.6. The van der Waals surface area contributed by atoms with Gasteiger partial charge in [-0.25, -0.2) is 0 Å². The standard InChI is InChI=1S/C18H23N3O3/c22-16-7-4-10-20(16)11-8-17(23)21-12-9-19-18(24)15(21)13-14-5-2-1-3-6-14/h1-3,5-6,15H,4,7-13H2,(H,19,24)/t15-/m0/s1. The number of carbonyl (C=O) groups is 3. The van der Waals surface area contributed by atoms with Crippen molar-refractivity contribution in [1.82, 2.24) is 15.1 Å². The molecule has 0 saturated carbocycles. The smallest absolute Gasteiger partial charge is 0.243 e. The van der Waals surface area contributed by atoms with Crippen molar-refractivity contribution in [2.24, 2.45) is 0 Å². The van der Waals surface area contributed by atoms with Crippen LogP contribution in [0.25, 0.3) is 0 Å². The van der Waals surface area contributed by atoms with Gasteiger partial charge in [-0.15, -0.1) is 0 Å². The Hall–Kier alpha value is -2.37. The number of amides is 3. The van der Waals surface area contributed by atoms with E-state index in [1.165, 1.54) is 0 Å². The van der Waals surface area contributed by atoms with Gasteiger partial charge in [-0.2, -0.15) is 0 Å². The van der Waals surface area contributed by atoms with E-state index in [2.05, 4.69) is 5.32 Å². The Morgan fingerprint density at radius 2 is 1.96 bits per heavy atom. The van der Waals surface area contributed by atoms with E-state index in [9.17, 15) is 14.4 Å². The van der Waals surface area contributed by atoms with E-state index in [4.69, 9.17) is 0 Å². The Labute approximate surface area is 141 Å². The lowest BCUT2D eigenvalue weighted by Gasteiger charge is -2.35. The molecular formula is C18H23N3O3. The largest absolute Gasteiger partial charge is 0.353 e. The van der Waals surface area contributed by atoms with Crippen LogP contribution in [0, 0.1) is 0 Å². The maximum absolute atomic E-state index is 12.6. The van der Waals surface area contributed by atoms with Gasteiger partial charge in [0, 0.05) is 45.4 Å². The molecule has 24 heavy (non-hydrogen) atoms. The van der Waals surface area contributed by atoms with Crippen LogP contribution in [0.3, 0.4) is 0 Å². The zero-order valence-corrected chi connectivity index (χ0v) is 13.7. The fraction of sp³-hybridized carbons (Fsp3) is 0.500. The van der Waals surface area contributed by atoms with Crippen molar-refractivity contribution < 1.29 is 14.4 Å². The molecule has 1 atom stereocenters. The molecule has 2 saturated heterocycles. The molecule has 0 bridgehead atoms. The number of benzene rings is 1. The van der Waals surface area contributed by atoms with E-state index in [1.807, 2.05) is 30.3 Å². The minimum Gasteiger partial charge on any atom is -0.353 e. The summed E-state index contributed by atoms with van der Waals surface area (Å²) in [4.78, 5) is 39.9. The molecule has 128 valence electrons. The first-order chi connectivity index (χ1) is 11.6. The molecule has 0 spiro atoms. The zero-order chi connectivity index (χ0) is 16.9. The third-order valence-corrected chi connectivity index (χ3v) is 4.69. The summed E-state index contributed by atoms with van der Waals surface area (Å²) in [6.07, 6.45) is 2.25. The molecule has 1 aromatic carbocycles. The highest BCUT2D eigenvalue weighted by Crippen LogP contribution is 2.15. The summed E-state index contributed by atoms with van der Waals surface area (Å²) in [5.41, 5.74) is 1.03. The Morgan fingerprint density at radius 3 is 2.67 bits per heavy atom. The third kappa shape index (κ3) is 3.75. The summed E-state index contributed by atoms with van der Waals surface area (Å²) < 4.78 is 0. The highest BCUT2D eigenvalue weighted by molar-refractivity contribution is 5.89. The molecule has 0 aromatic heterocycles. The topological polar surface area (TPSA) is 69.7 Å². The predicted octanol–water partition coefficient (Wildman–Crippen LogP) is 0.569. The SMILES string of the molecule is O=C1NCCN(C(=O)CCN2CCCC2=O)[C@H]1Cc1ccccc1. The van der Waals surface area contributed by atoms with Gasteiger partial charge in [0.1, 0.15) is 6.04 Å². The quantitative estimate of drug-likeness (QED) is 0.858. The zero-order valence-electron chi connectivity index (χ0n) is 13.7. The van der Waals surface area contributed by atoms with Gasteiger partial charge in [-0.3, -0.25) is 14.4 Å². The van der Waals surface area contributed by atoms with Gasteiger partial charge in [0.15, 0.2) is 0 Å². The van der Waals surface area contributed by atoms with Gasteiger partial charge in [0.25, 0.3) is 0 Å². The van der Waals surface area contributed by atoms with E-state index in [0.29, 0.717) is 32.5 Å². The van der Waals surface area contributed by atoms with Crippen LogP contribution in [0.15, 0.2) is 30.3 Å². The van der Waals surface area contributed by atoms with Crippen LogP contribution in [-0.2, 0) is 20.8 Å². The molecule has 6 heteroatoms. The second-order valence-corrected chi connectivity index (χ2v) is 6.32. The second-order valence-electron chi connectivity index (χ2n) is 6.32. The summed E-state index contributed by atoms with van der Waals surface area (Å²) in [7, 11) is 0. The Balaban J connectivity index is 1.63. The third-order valence-electron chi connectivity index (χ3n) is 4.69. The summed E-state index contributed by atoms with van der Waals surface area (Å²) in [5, 5.41) is 2.84. The number of rotatable bonds is 5. The molecule has 2 fully saturated rings. The molecule has 3 amide bonds. The molecule has 2 aliphatic heterocycles. The lowest BCUT2D eigenvalue weighted by atomic mass is 10.0. The van der Waals surface area contributed by atoms with Crippen LogP contribution in [0.5, 0.6) is 0 Å². The van der Waals surface area contributed by atoms with Crippen LogP contribution in [0.4, 0.5) is 0 Å². The minimum absolute atomic E-state index is 0.0505. The Morgan fingerprint density at radius 1 is 1.17 bits per heavy atom. The van der Waals surface area contributed by atoms with Crippen LogP contribution < -0.4 is 5.32 Å². The lowest BCUT2D eigenvalue weighted by molar-refractivity contribution is -0.143. The summed E-state index contributed by atoms with van der Waals surface area (Å²) in [6.45, 7) is 2.20. The highest BCUT2D eigenvalue weighted by atomic mass is 16.2. The molecule has 1 N–H and O–H groups in total. The molecule has 0 radical (unpaired) electrons. The van der Waals surface area contributed by atoms with Crippen molar-refractivity contribution in [1.29, 1.82) is 0 Å². The summed E-state index contributed by atoms with van der Waals surface area (Å²) in [6, 6.07) is 9.26. The van der Waals surface area contributed by atoms with E-state index < -0.39 is 6.04 Å². The first-order valence-corrected chi connectivity index (χ1v) is 8.54. The summed E-state index contributed by atoms with van der Waals surface area (Å²) in [5.74, 6) is -0.0267. The van der Waals surface area contributed by atoms with Crippen molar-refractivity contribution in [3.05, 3.63) is 35.9 Å². The molecule has 0 unspecified atom stereocenters. The van der Waals surface area contributed by atoms with Crippen LogP contribution in [-0.4, -0.2) is 59.7 Å². The predicted molar refractivity (Wildman–Crippen MR) is 89.1 cm³/mol. The number of hydrogen-bond acceptors (Lipinski definition) is 3. The number of nitrogens with one attached hydrogen (secondary N) is 1. The molecule has 6 nitrogen and oxygen atoms in total. The number of piperazine rings is 1. The molecule has 2 aliphatic rings. The fourth-order valence-electron chi connectivity index (χ4n) is 3.37. The lowest BCUT2D eigenvalue weighted by Crippen LogP contribution is -2.58. The van der Waals surface area contributed by atoms with E-state index >= 15 is 0 Å². The van der Waals surface area contributed by atoms with E-state index in [-0.39, 0.29) is 24.1 Å². The average molecular weight is 329 g/mol. The number of hydrogen-bond donors (Lipinski definition) is 1. The summed E-state index contributed by atoms with van der Waals surface area (Å²) >= 11 is 0. The van der Waals surface area contributed by atoms with Gasteiger partial charge >= 0.3 is 0 Å². The first kappa shape index (κ1) is 16.5. The minimum atomic E-state index is -0.470. The van der Waals surface area contributed by atoms with Gasteiger partial charge in [-0.05, 0) is 12.0 Å². The molecule has 0 aliphatic carbocycles. The van der Waals surface area contributed by atoms with Gasteiger partial charge in [0.2, 0.25) is 17.7 Å². The molecule has 3 rings (SSSR count). The number of nitrogens with zero attached hydrogens (tertiary/aromatic N) is 2. The maximum Gasteiger partial charge on any atom is 0.243 e. The van der Waals surface area contributed by atoms with Crippen LogP contribution in [0.1, 0.15) is 24.8 Å². The average Bonchev–Trinajstić information content (AvgIpc) is 3.00. The van der Waals surface area contributed by atoms with Crippen molar-refractivity contribution in [2.75, 3.05) is 26.2 Å². The molecule has 2 heterocycles. The van der Waals surface area contributed by atoms with Crippen molar-refractivity contribution in [3.63, 3.8) is 0 Å². The first-order valence-electron chi connectivity index (χ1n) is 8.54. The van der Waals surface area contributed by atoms with Gasteiger partial charge < -0.3 is 15.1 Å². The Bertz CT molecular complexity index is 617. The van der Waals surface area contributed by atoms with E-state index in [0.717, 1.165) is 18.5 Å². The monoisotopic (exact) mass is 329 g/mol. The van der Waals surface area contributed by atoms with Crippen LogP contribution >= 0.6 is 0 Å². The second kappa shape index (κ2) is 7.47. The van der Waals surface area contributed by atoms with Crippen molar-refractivity contribution >= 4 is 17.7 Å². The number of likely N-dealkylation sites (tertiary alicyclic amines) is 1. The van der Waals surface area contributed by atoms with Crippen LogP contribution in [0.2, 0.25) is 0 Å². The molecule has 1 aromatic rings. The highest BCUT2D eigenvalue weighted by Gasteiger charge is 2.33. The van der Waals surface area contributed by atoms with E-state index in [1.54, 1.807) is 9.80 Å². The van der Waals surface area contributed by atoms with Gasteiger partial charge in [-0.1, -0.05) is 30.3 Å². The Kier molecular flexibility index (Phi) is 5.13. The van der Waals surface area contributed by atoms with Gasteiger partial charge in [0.05, 0.1) is 0 Å². The fourth-order valence-corrected chi connectivity index (χ4v) is 3.37. The normalized spacial score (nSPS) is 21.1. The molecular weight excluding hydrogens is 306 g/mol. The number of carbonyl (C=O) groups excluding carboxylic acids is 3. The van der Waals surface area contributed by atoms with Crippen molar-refractivity contribution in [2.45, 2.75) is 31.7 Å². The van der Waals surface area contributed by atoms with Crippen molar-refractivity contribution in [3.8, 4) is 0 Å².